The Kier molecular flexibility index (Phi) is 4.58. The number of nitrogens with zero attached hydrogens (tertiary/aromatic N) is 1. The van der Waals surface area contributed by atoms with Crippen LogP contribution in [0.2, 0.25) is 0 Å². The van der Waals surface area contributed by atoms with Crippen molar-refractivity contribution in [2.45, 2.75) is 16.7 Å². The third kappa shape index (κ3) is 3.60. The van der Waals surface area contributed by atoms with Gasteiger partial charge in [-0.05, 0) is 48.9 Å². The van der Waals surface area contributed by atoms with E-state index >= 15 is 0 Å². The molecule has 3 aromatic rings. The van der Waals surface area contributed by atoms with Gasteiger partial charge in [-0.3, -0.25) is 4.99 Å². The van der Waals surface area contributed by atoms with Crippen molar-refractivity contribution in [1.29, 1.82) is 0 Å². The van der Waals surface area contributed by atoms with E-state index in [4.69, 9.17) is 0 Å². The minimum Gasteiger partial charge on any atom is -0.256 e. The summed E-state index contributed by atoms with van der Waals surface area (Å²) in [5.41, 5.74) is 2.73. The Labute approximate surface area is 142 Å². The number of aliphatic imine (C=N–C) groups is 1. The van der Waals surface area contributed by atoms with Crippen molar-refractivity contribution >= 4 is 21.7 Å². The molecule has 0 radical (unpaired) electrons. The zero-order valence-electron chi connectivity index (χ0n) is 13.3. The standard InChI is InChI=1S/C20H17NO2S/c1-16-7-11-19(12-8-16)24(22,23)20-13-9-18(10-14-20)21-15-17-5-3-2-4-6-17/h2-15H,1H3. The van der Waals surface area contributed by atoms with Crippen molar-refractivity contribution in [1.82, 2.24) is 0 Å². The smallest absolute Gasteiger partial charge is 0.206 e. The minimum atomic E-state index is -3.49. The first kappa shape index (κ1) is 16.1. The van der Waals surface area contributed by atoms with Crippen LogP contribution in [0.1, 0.15) is 11.1 Å². The Morgan fingerprint density at radius 1 is 0.750 bits per heavy atom. The lowest BCUT2D eigenvalue weighted by Crippen LogP contribution is -2.01. The number of aryl methyl sites for hydroxylation is 1. The van der Waals surface area contributed by atoms with Crippen LogP contribution in [0.5, 0.6) is 0 Å². The van der Waals surface area contributed by atoms with Crippen LogP contribution in [0.25, 0.3) is 0 Å². The maximum absolute atomic E-state index is 12.6. The highest BCUT2D eigenvalue weighted by Gasteiger charge is 2.16. The third-order valence-corrected chi connectivity index (χ3v) is 5.43. The highest BCUT2D eigenvalue weighted by Crippen LogP contribution is 2.23. The van der Waals surface area contributed by atoms with E-state index in [-0.39, 0.29) is 4.90 Å². The Balaban J connectivity index is 1.84. The van der Waals surface area contributed by atoms with Crippen molar-refractivity contribution in [2.24, 2.45) is 4.99 Å². The maximum Gasteiger partial charge on any atom is 0.206 e. The van der Waals surface area contributed by atoms with Crippen LogP contribution >= 0.6 is 0 Å². The van der Waals surface area contributed by atoms with Gasteiger partial charge in [0.25, 0.3) is 0 Å². The van der Waals surface area contributed by atoms with Crippen LogP contribution in [0, 0.1) is 6.92 Å². The molecule has 4 heteroatoms. The fourth-order valence-electron chi connectivity index (χ4n) is 2.25. The van der Waals surface area contributed by atoms with Crippen molar-refractivity contribution in [2.75, 3.05) is 0 Å². The molecule has 0 unspecified atom stereocenters. The van der Waals surface area contributed by atoms with E-state index in [2.05, 4.69) is 4.99 Å². The lowest BCUT2D eigenvalue weighted by molar-refractivity contribution is 0.596. The monoisotopic (exact) mass is 335 g/mol. The SMILES string of the molecule is Cc1ccc(S(=O)(=O)c2ccc(N=Cc3ccccc3)cc2)cc1. The van der Waals surface area contributed by atoms with Gasteiger partial charge in [-0.25, -0.2) is 8.42 Å². The van der Waals surface area contributed by atoms with E-state index in [1.165, 1.54) is 0 Å². The van der Waals surface area contributed by atoms with E-state index in [9.17, 15) is 8.42 Å². The molecule has 120 valence electrons. The van der Waals surface area contributed by atoms with Crippen LogP contribution in [0.4, 0.5) is 5.69 Å². The molecule has 0 aliphatic carbocycles. The molecule has 0 aliphatic rings. The zero-order valence-corrected chi connectivity index (χ0v) is 14.1. The van der Waals surface area contributed by atoms with Gasteiger partial charge in [0, 0.05) is 6.21 Å². The van der Waals surface area contributed by atoms with E-state index in [1.807, 2.05) is 37.3 Å². The Bertz CT molecular complexity index is 943. The number of benzene rings is 3. The number of hydrogen-bond acceptors (Lipinski definition) is 3. The van der Waals surface area contributed by atoms with Gasteiger partial charge in [-0.15, -0.1) is 0 Å². The Hall–Kier alpha value is -2.72. The highest BCUT2D eigenvalue weighted by atomic mass is 32.2. The first-order valence-electron chi connectivity index (χ1n) is 7.57. The Morgan fingerprint density at radius 2 is 1.29 bits per heavy atom. The molecular formula is C20H17NO2S. The molecule has 0 N–H and O–H groups in total. The summed E-state index contributed by atoms with van der Waals surface area (Å²) < 4.78 is 25.2. The fraction of sp³-hybridized carbons (Fsp3) is 0.0500. The maximum atomic E-state index is 12.6. The van der Waals surface area contributed by atoms with Crippen LogP contribution < -0.4 is 0 Å². The predicted octanol–water partition coefficient (Wildman–Crippen LogP) is 4.58. The molecule has 3 nitrogen and oxygen atoms in total. The molecule has 0 aromatic heterocycles. The second-order valence-electron chi connectivity index (χ2n) is 5.48. The molecular weight excluding hydrogens is 318 g/mol. The van der Waals surface area contributed by atoms with Crippen molar-refractivity contribution in [3.05, 3.63) is 90.0 Å². The van der Waals surface area contributed by atoms with Crippen LogP contribution in [-0.4, -0.2) is 14.6 Å². The third-order valence-electron chi connectivity index (χ3n) is 3.64. The molecule has 0 saturated heterocycles. The van der Waals surface area contributed by atoms with E-state index in [1.54, 1.807) is 54.7 Å². The average Bonchev–Trinajstić information content (AvgIpc) is 2.61. The molecule has 0 bridgehead atoms. The highest BCUT2D eigenvalue weighted by molar-refractivity contribution is 7.91. The minimum absolute atomic E-state index is 0.269. The Morgan fingerprint density at radius 3 is 1.88 bits per heavy atom. The van der Waals surface area contributed by atoms with E-state index < -0.39 is 9.84 Å². The molecule has 0 heterocycles. The van der Waals surface area contributed by atoms with Crippen molar-refractivity contribution < 1.29 is 8.42 Å². The van der Waals surface area contributed by atoms with Gasteiger partial charge >= 0.3 is 0 Å². The number of sulfone groups is 1. The van der Waals surface area contributed by atoms with Gasteiger partial charge < -0.3 is 0 Å². The second-order valence-corrected chi connectivity index (χ2v) is 7.43. The average molecular weight is 335 g/mol. The van der Waals surface area contributed by atoms with Gasteiger partial charge in [0.05, 0.1) is 15.5 Å². The summed E-state index contributed by atoms with van der Waals surface area (Å²) in [6, 6.07) is 23.2. The zero-order chi connectivity index (χ0) is 17.0. The molecule has 0 fully saturated rings. The summed E-state index contributed by atoms with van der Waals surface area (Å²) >= 11 is 0. The summed E-state index contributed by atoms with van der Waals surface area (Å²) in [6.45, 7) is 1.93. The van der Waals surface area contributed by atoms with Gasteiger partial charge in [0.1, 0.15) is 0 Å². The summed E-state index contributed by atoms with van der Waals surface area (Å²) in [5.74, 6) is 0. The quantitative estimate of drug-likeness (QED) is 0.655. The molecule has 0 amide bonds. The molecule has 0 atom stereocenters. The lowest BCUT2D eigenvalue weighted by Gasteiger charge is -2.05. The molecule has 24 heavy (non-hydrogen) atoms. The van der Waals surface area contributed by atoms with Crippen molar-refractivity contribution in [3.8, 4) is 0 Å². The normalized spacial score (nSPS) is 11.7. The van der Waals surface area contributed by atoms with Crippen LogP contribution in [0.15, 0.2) is 93.6 Å². The lowest BCUT2D eigenvalue weighted by atomic mass is 10.2. The van der Waals surface area contributed by atoms with Gasteiger partial charge in [0.15, 0.2) is 0 Å². The first-order valence-corrected chi connectivity index (χ1v) is 9.05. The second kappa shape index (κ2) is 6.81. The van der Waals surface area contributed by atoms with Gasteiger partial charge in [-0.2, -0.15) is 0 Å². The molecule has 0 saturated carbocycles. The molecule has 3 rings (SSSR count). The van der Waals surface area contributed by atoms with E-state index in [0.29, 0.717) is 10.6 Å². The largest absolute Gasteiger partial charge is 0.256 e. The summed E-state index contributed by atoms with van der Waals surface area (Å²) in [4.78, 5) is 4.93. The fourth-order valence-corrected chi connectivity index (χ4v) is 3.51. The first-order chi connectivity index (χ1) is 11.6. The van der Waals surface area contributed by atoms with Crippen LogP contribution in [0.3, 0.4) is 0 Å². The summed E-state index contributed by atoms with van der Waals surface area (Å²) in [7, 11) is -3.49. The van der Waals surface area contributed by atoms with Crippen molar-refractivity contribution in [3.63, 3.8) is 0 Å². The number of rotatable bonds is 4. The molecule has 0 spiro atoms. The van der Waals surface area contributed by atoms with Crippen LogP contribution in [-0.2, 0) is 9.84 Å². The molecule has 0 aliphatic heterocycles. The predicted molar refractivity (Wildman–Crippen MR) is 96.8 cm³/mol. The topological polar surface area (TPSA) is 46.5 Å². The number of hydrogen-bond donors (Lipinski definition) is 0. The van der Waals surface area contributed by atoms with Gasteiger partial charge in [0.2, 0.25) is 9.84 Å². The van der Waals surface area contributed by atoms with E-state index in [0.717, 1.165) is 11.1 Å². The van der Waals surface area contributed by atoms with Gasteiger partial charge in [-0.1, -0.05) is 48.0 Å². The summed E-state index contributed by atoms with van der Waals surface area (Å²) in [5, 5.41) is 0. The molecule has 3 aromatic carbocycles. The summed E-state index contributed by atoms with van der Waals surface area (Å²) in [6.07, 6.45) is 1.75.